The van der Waals surface area contributed by atoms with Gasteiger partial charge in [0.15, 0.2) is 0 Å². The second-order valence-electron chi connectivity index (χ2n) is 4.19. The summed E-state index contributed by atoms with van der Waals surface area (Å²) < 4.78 is 5.12. The Kier molecular flexibility index (Phi) is 6.22. The summed E-state index contributed by atoms with van der Waals surface area (Å²) in [5.41, 5.74) is 6.49. The minimum absolute atomic E-state index is 0.0566. The highest BCUT2D eigenvalue weighted by atomic mass is 16.5. The molecule has 0 bridgehead atoms. The molecule has 1 aromatic carbocycles. The second-order valence-corrected chi connectivity index (χ2v) is 4.19. The first-order valence-corrected chi connectivity index (χ1v) is 6.34. The average Bonchev–Trinajstić information content (AvgIpc) is 2.42. The lowest BCUT2D eigenvalue weighted by molar-refractivity contribution is -0.121. The van der Waals surface area contributed by atoms with Crippen LogP contribution in [0.1, 0.15) is 37.8 Å². The Labute approximate surface area is 109 Å². The number of nitrogens with one attached hydrogen (secondary N) is 1. The molecule has 1 unspecified atom stereocenters. The topological polar surface area (TPSA) is 64.4 Å². The van der Waals surface area contributed by atoms with Crippen molar-refractivity contribution in [2.24, 2.45) is 5.73 Å². The average molecular weight is 250 g/mol. The van der Waals surface area contributed by atoms with Crippen LogP contribution in [0.5, 0.6) is 5.75 Å². The molecule has 0 heterocycles. The highest BCUT2D eigenvalue weighted by Crippen LogP contribution is 2.20. The molecular formula is C14H22N2O2. The number of ether oxygens (including phenoxy) is 1. The van der Waals surface area contributed by atoms with Crippen molar-refractivity contribution in [2.75, 3.05) is 13.7 Å². The van der Waals surface area contributed by atoms with Crippen molar-refractivity contribution >= 4 is 5.91 Å². The van der Waals surface area contributed by atoms with Crippen molar-refractivity contribution in [2.45, 2.75) is 32.2 Å². The molecule has 0 aliphatic heterocycles. The van der Waals surface area contributed by atoms with Crippen LogP contribution in [-0.4, -0.2) is 19.6 Å². The quantitative estimate of drug-likeness (QED) is 0.778. The predicted octanol–water partition coefficient (Wildman–Crippen LogP) is 2.00. The predicted molar refractivity (Wildman–Crippen MR) is 72.5 cm³/mol. The van der Waals surface area contributed by atoms with Gasteiger partial charge in [-0.3, -0.25) is 4.79 Å². The van der Waals surface area contributed by atoms with Gasteiger partial charge in [-0.15, -0.1) is 0 Å². The standard InChI is InChI=1S/C14H22N2O2/c1-3-13(16-14(17)5-4-10-15)11-6-8-12(18-2)9-7-11/h6-9,13H,3-5,10,15H2,1-2H3,(H,16,17). The normalized spacial score (nSPS) is 11.9. The number of carbonyl (C=O) groups is 1. The van der Waals surface area contributed by atoms with E-state index in [4.69, 9.17) is 10.5 Å². The van der Waals surface area contributed by atoms with Gasteiger partial charge in [0, 0.05) is 6.42 Å². The molecule has 4 heteroatoms. The minimum Gasteiger partial charge on any atom is -0.497 e. The molecule has 4 nitrogen and oxygen atoms in total. The van der Waals surface area contributed by atoms with Gasteiger partial charge in [-0.2, -0.15) is 0 Å². The Morgan fingerprint density at radius 1 is 1.39 bits per heavy atom. The highest BCUT2D eigenvalue weighted by molar-refractivity contribution is 5.76. The molecular weight excluding hydrogens is 228 g/mol. The van der Waals surface area contributed by atoms with Crippen molar-refractivity contribution in [3.63, 3.8) is 0 Å². The third-order valence-electron chi connectivity index (χ3n) is 2.87. The van der Waals surface area contributed by atoms with Crippen LogP contribution in [-0.2, 0) is 4.79 Å². The van der Waals surface area contributed by atoms with Crippen molar-refractivity contribution in [3.8, 4) is 5.75 Å². The van der Waals surface area contributed by atoms with Gasteiger partial charge in [-0.05, 0) is 37.1 Å². The van der Waals surface area contributed by atoms with Crippen LogP contribution in [0.3, 0.4) is 0 Å². The number of rotatable bonds is 7. The largest absolute Gasteiger partial charge is 0.497 e. The van der Waals surface area contributed by atoms with Gasteiger partial charge in [0.05, 0.1) is 13.2 Å². The Balaban J connectivity index is 2.61. The molecule has 0 fully saturated rings. The molecule has 0 aromatic heterocycles. The molecule has 0 aliphatic carbocycles. The first kappa shape index (κ1) is 14.5. The molecule has 3 N–H and O–H groups in total. The van der Waals surface area contributed by atoms with Gasteiger partial charge in [0.1, 0.15) is 5.75 Å². The zero-order valence-corrected chi connectivity index (χ0v) is 11.1. The van der Waals surface area contributed by atoms with Gasteiger partial charge in [-0.25, -0.2) is 0 Å². The maximum absolute atomic E-state index is 11.7. The van der Waals surface area contributed by atoms with Gasteiger partial charge in [0.25, 0.3) is 0 Å². The lowest BCUT2D eigenvalue weighted by atomic mass is 10.0. The Hall–Kier alpha value is -1.55. The van der Waals surface area contributed by atoms with E-state index >= 15 is 0 Å². The van der Waals surface area contributed by atoms with E-state index in [1.165, 1.54) is 0 Å². The summed E-state index contributed by atoms with van der Waals surface area (Å²) in [6, 6.07) is 7.83. The summed E-state index contributed by atoms with van der Waals surface area (Å²) >= 11 is 0. The van der Waals surface area contributed by atoms with E-state index in [0.717, 1.165) is 24.2 Å². The number of hydrogen-bond donors (Lipinski definition) is 2. The molecule has 1 aromatic rings. The van der Waals surface area contributed by atoms with Gasteiger partial charge in [-0.1, -0.05) is 19.1 Å². The fourth-order valence-electron chi connectivity index (χ4n) is 1.79. The lowest BCUT2D eigenvalue weighted by Crippen LogP contribution is -2.28. The molecule has 0 spiro atoms. The Bertz CT molecular complexity index is 363. The first-order chi connectivity index (χ1) is 8.71. The first-order valence-electron chi connectivity index (χ1n) is 6.34. The number of nitrogens with two attached hydrogens (primary N) is 1. The molecule has 1 amide bonds. The van der Waals surface area contributed by atoms with Crippen LogP contribution < -0.4 is 15.8 Å². The van der Waals surface area contributed by atoms with Crippen LogP contribution in [0.2, 0.25) is 0 Å². The van der Waals surface area contributed by atoms with Crippen molar-refractivity contribution < 1.29 is 9.53 Å². The molecule has 100 valence electrons. The number of amides is 1. The van der Waals surface area contributed by atoms with Crippen molar-refractivity contribution in [3.05, 3.63) is 29.8 Å². The zero-order valence-electron chi connectivity index (χ0n) is 11.1. The highest BCUT2D eigenvalue weighted by Gasteiger charge is 2.12. The fourth-order valence-corrected chi connectivity index (χ4v) is 1.79. The minimum atomic E-state index is 0.0566. The molecule has 0 radical (unpaired) electrons. The van der Waals surface area contributed by atoms with E-state index in [-0.39, 0.29) is 11.9 Å². The summed E-state index contributed by atoms with van der Waals surface area (Å²) in [7, 11) is 1.64. The van der Waals surface area contributed by atoms with Gasteiger partial charge >= 0.3 is 0 Å². The smallest absolute Gasteiger partial charge is 0.220 e. The summed E-state index contributed by atoms with van der Waals surface area (Å²) in [5, 5.41) is 3.02. The number of carbonyl (C=O) groups excluding carboxylic acids is 1. The second kappa shape index (κ2) is 7.71. The zero-order chi connectivity index (χ0) is 13.4. The van der Waals surface area contributed by atoms with Crippen LogP contribution in [0.25, 0.3) is 0 Å². The van der Waals surface area contributed by atoms with Crippen molar-refractivity contribution in [1.29, 1.82) is 0 Å². The molecule has 0 saturated carbocycles. The van der Waals surface area contributed by atoms with Crippen molar-refractivity contribution in [1.82, 2.24) is 5.32 Å². The molecule has 1 rings (SSSR count). The number of hydrogen-bond acceptors (Lipinski definition) is 3. The van der Waals surface area contributed by atoms with Crippen LogP contribution in [0.4, 0.5) is 0 Å². The van der Waals surface area contributed by atoms with Crippen LogP contribution in [0, 0.1) is 0 Å². The monoisotopic (exact) mass is 250 g/mol. The van der Waals surface area contributed by atoms with E-state index in [1.54, 1.807) is 7.11 Å². The molecule has 0 saturated heterocycles. The van der Waals surface area contributed by atoms with E-state index in [9.17, 15) is 4.79 Å². The van der Waals surface area contributed by atoms with E-state index in [0.29, 0.717) is 13.0 Å². The van der Waals surface area contributed by atoms with E-state index in [2.05, 4.69) is 12.2 Å². The van der Waals surface area contributed by atoms with Crippen LogP contribution >= 0.6 is 0 Å². The van der Waals surface area contributed by atoms with Gasteiger partial charge < -0.3 is 15.8 Å². The fraction of sp³-hybridized carbons (Fsp3) is 0.500. The number of methoxy groups -OCH3 is 1. The number of benzene rings is 1. The SMILES string of the molecule is CCC(NC(=O)CCCN)c1ccc(OC)cc1. The van der Waals surface area contributed by atoms with Crippen LogP contribution in [0.15, 0.2) is 24.3 Å². The lowest BCUT2D eigenvalue weighted by Gasteiger charge is -2.17. The summed E-state index contributed by atoms with van der Waals surface area (Å²) in [5.74, 6) is 0.881. The third-order valence-corrected chi connectivity index (χ3v) is 2.87. The summed E-state index contributed by atoms with van der Waals surface area (Å²) in [4.78, 5) is 11.7. The molecule has 0 aliphatic rings. The summed E-state index contributed by atoms with van der Waals surface area (Å²) in [6.45, 7) is 2.60. The Morgan fingerprint density at radius 3 is 2.56 bits per heavy atom. The van der Waals surface area contributed by atoms with E-state index in [1.807, 2.05) is 24.3 Å². The maximum Gasteiger partial charge on any atom is 0.220 e. The summed E-state index contributed by atoms with van der Waals surface area (Å²) in [6.07, 6.45) is 2.08. The maximum atomic E-state index is 11.7. The van der Waals surface area contributed by atoms with Gasteiger partial charge in [0.2, 0.25) is 5.91 Å². The third kappa shape index (κ3) is 4.37. The Morgan fingerprint density at radius 2 is 2.06 bits per heavy atom. The van der Waals surface area contributed by atoms with E-state index < -0.39 is 0 Å². The molecule has 18 heavy (non-hydrogen) atoms. The molecule has 1 atom stereocenters.